The van der Waals surface area contributed by atoms with Gasteiger partial charge >= 0.3 is 5.97 Å². The summed E-state index contributed by atoms with van der Waals surface area (Å²) in [4.78, 5) is 10.9. The lowest BCUT2D eigenvalue weighted by atomic mass is 9.73. The van der Waals surface area contributed by atoms with Crippen LogP contribution in [0.2, 0.25) is 0 Å². The van der Waals surface area contributed by atoms with E-state index < -0.39 is 69.0 Å². The van der Waals surface area contributed by atoms with Gasteiger partial charge < -0.3 is 20.1 Å². The monoisotopic (exact) mass is 399 g/mol. The van der Waals surface area contributed by atoms with Crippen molar-refractivity contribution in [2.24, 2.45) is 17.8 Å². The lowest BCUT2D eigenvalue weighted by Gasteiger charge is -2.32. The van der Waals surface area contributed by atoms with Crippen molar-refractivity contribution in [3.63, 3.8) is 0 Å². The van der Waals surface area contributed by atoms with Crippen molar-refractivity contribution in [3.8, 4) is 5.75 Å². The van der Waals surface area contributed by atoms with Crippen molar-refractivity contribution in [2.75, 3.05) is 6.61 Å². The summed E-state index contributed by atoms with van der Waals surface area (Å²) in [6, 6.07) is 4.84. The Bertz CT molecular complexity index is 982. The van der Waals surface area contributed by atoms with Crippen molar-refractivity contribution in [2.45, 2.75) is 76.7 Å². The molecule has 1 fully saturated rings. The number of carboxylic acid groups (broad SMARTS) is 1. The first-order valence-corrected chi connectivity index (χ1v) is 9.73. The molecule has 3 rings (SSSR count). The van der Waals surface area contributed by atoms with Crippen LogP contribution in [-0.2, 0) is 17.6 Å². The smallest absolute Gasteiger partial charge is 0.341 e. The van der Waals surface area contributed by atoms with Gasteiger partial charge in [0.2, 0.25) is 0 Å². The van der Waals surface area contributed by atoms with Gasteiger partial charge in [-0.05, 0) is 73.4 Å². The predicted octanol–water partition coefficient (Wildman–Crippen LogP) is 3.58. The summed E-state index contributed by atoms with van der Waals surface area (Å²) in [7, 11) is 0. The molecule has 5 heteroatoms. The fourth-order valence-corrected chi connectivity index (χ4v) is 4.49. The average molecular weight is 400 g/mol. The van der Waals surface area contributed by atoms with E-state index in [-0.39, 0.29) is 25.2 Å². The van der Waals surface area contributed by atoms with Crippen LogP contribution in [0.5, 0.6) is 5.75 Å². The second-order valence-electron chi connectivity index (χ2n) is 7.64. The van der Waals surface area contributed by atoms with Crippen molar-refractivity contribution in [1.29, 1.82) is 0 Å². The molecule has 3 N–H and O–H groups in total. The number of benzene rings is 1. The fourth-order valence-electron chi connectivity index (χ4n) is 4.49. The lowest BCUT2D eigenvalue weighted by molar-refractivity contribution is -0.139. The number of carbonyl (C=O) groups is 1. The molecule has 0 aromatic heterocycles. The zero-order chi connectivity index (χ0) is 28.0. The van der Waals surface area contributed by atoms with E-state index >= 15 is 0 Å². The molecule has 2 aliphatic rings. The summed E-state index contributed by atoms with van der Waals surface area (Å²) in [5.41, 5.74) is 0.977. The molecule has 1 aromatic carbocycles. The Morgan fingerprint density at radius 2 is 2.32 bits per heavy atom. The summed E-state index contributed by atoms with van der Waals surface area (Å²) in [5, 5.41) is 30.2. The van der Waals surface area contributed by atoms with Gasteiger partial charge in [-0.1, -0.05) is 38.2 Å². The SMILES string of the molecule is [2H]C1([2H])c2cccc(OCC(=O)O)c2C[C@H]2C[C@@H](O)[C@H](CC[C@@H](O)CCC([2H])([2H])C([2H])([2H])C([2H])([2H])[2H])[C@H]21. The molecule has 2 aliphatic carbocycles. The minimum atomic E-state index is -3.16. The maximum Gasteiger partial charge on any atom is 0.341 e. The number of fused-ring (bicyclic) bond motifs is 2. The summed E-state index contributed by atoms with van der Waals surface area (Å²) >= 11 is 0. The van der Waals surface area contributed by atoms with Gasteiger partial charge in [-0.2, -0.15) is 0 Å². The van der Waals surface area contributed by atoms with Crippen LogP contribution in [0.4, 0.5) is 0 Å². The molecule has 0 saturated heterocycles. The molecule has 28 heavy (non-hydrogen) atoms. The number of hydrogen-bond acceptors (Lipinski definition) is 4. The van der Waals surface area contributed by atoms with Gasteiger partial charge in [-0.25, -0.2) is 4.79 Å². The molecule has 0 amide bonds. The quantitative estimate of drug-likeness (QED) is 0.560. The molecular weight excluding hydrogens is 356 g/mol. The third kappa shape index (κ3) is 5.06. The summed E-state index contributed by atoms with van der Waals surface area (Å²) in [6.45, 7) is -3.71. The Labute approximate surface area is 180 Å². The number of ether oxygens (including phenoxy) is 1. The molecule has 156 valence electrons. The molecule has 0 spiro atoms. The number of carboxylic acids is 1. The Morgan fingerprint density at radius 3 is 3.11 bits per heavy atom. The normalized spacial score (nSPS) is 35.1. The highest BCUT2D eigenvalue weighted by Crippen LogP contribution is 2.48. The van der Waals surface area contributed by atoms with E-state index in [1.807, 2.05) is 0 Å². The molecule has 0 bridgehead atoms. The van der Waals surface area contributed by atoms with Gasteiger partial charge in [-0.3, -0.25) is 0 Å². The molecule has 1 aromatic rings. The van der Waals surface area contributed by atoms with Crippen molar-refractivity contribution >= 4 is 5.97 Å². The first-order chi connectivity index (χ1) is 16.9. The first-order valence-electron chi connectivity index (χ1n) is 14.2. The van der Waals surface area contributed by atoms with E-state index in [9.17, 15) is 15.0 Å². The minimum absolute atomic E-state index is 0.114. The zero-order valence-electron chi connectivity index (χ0n) is 24.7. The Balaban J connectivity index is 1.69. The molecular formula is C23H34O5. The van der Waals surface area contributed by atoms with Crippen molar-refractivity contribution < 1.29 is 37.2 Å². The number of hydrogen-bond donors (Lipinski definition) is 3. The van der Waals surface area contributed by atoms with Gasteiger partial charge in [0.15, 0.2) is 6.61 Å². The number of rotatable bonds is 10. The number of aliphatic carboxylic acids is 1. The highest BCUT2D eigenvalue weighted by Gasteiger charge is 2.44. The van der Waals surface area contributed by atoms with Crippen LogP contribution >= 0.6 is 0 Å². The Morgan fingerprint density at radius 1 is 1.46 bits per heavy atom. The molecule has 0 aliphatic heterocycles. The van der Waals surface area contributed by atoms with Crippen LogP contribution in [0.3, 0.4) is 0 Å². The molecule has 0 heterocycles. The standard InChI is InChI=1S/C23H34O5/c1-2-3-4-7-17(24)9-10-18-19-11-15-6-5-8-22(28-14-23(26)27)20(15)12-16(19)13-21(18)25/h5-6,8,16-19,21,24-25H,2-4,7,9-14H2,1H3,(H,26,27)/t16-,17-,18+,19-,21+/m0/s1/i1D3,2D2,3D2,11D2. The third-order valence-electron chi connectivity index (χ3n) is 5.80. The summed E-state index contributed by atoms with van der Waals surface area (Å²) in [6.07, 6.45) is -9.11. The molecule has 0 unspecified atom stereocenters. The van der Waals surface area contributed by atoms with Crippen LogP contribution in [-0.4, -0.2) is 40.1 Å². The minimum Gasteiger partial charge on any atom is -0.482 e. The number of aliphatic hydroxyl groups excluding tert-OH is 2. The van der Waals surface area contributed by atoms with E-state index in [4.69, 9.17) is 22.2 Å². The van der Waals surface area contributed by atoms with E-state index in [0.29, 0.717) is 29.7 Å². The molecule has 1 saturated carbocycles. The second kappa shape index (κ2) is 9.75. The van der Waals surface area contributed by atoms with Crippen LogP contribution < -0.4 is 4.74 Å². The van der Waals surface area contributed by atoms with Gasteiger partial charge in [0.25, 0.3) is 0 Å². The molecule has 5 nitrogen and oxygen atoms in total. The predicted molar refractivity (Wildman–Crippen MR) is 107 cm³/mol. The molecule has 5 atom stereocenters. The average Bonchev–Trinajstić information content (AvgIpc) is 3.10. The largest absolute Gasteiger partial charge is 0.482 e. The van der Waals surface area contributed by atoms with Crippen LogP contribution in [0.15, 0.2) is 18.2 Å². The van der Waals surface area contributed by atoms with Crippen LogP contribution in [0, 0.1) is 17.8 Å². The van der Waals surface area contributed by atoms with Crippen LogP contribution in [0.25, 0.3) is 0 Å². The van der Waals surface area contributed by atoms with Gasteiger partial charge in [-0.15, -0.1) is 0 Å². The van der Waals surface area contributed by atoms with E-state index in [2.05, 4.69) is 0 Å². The highest BCUT2D eigenvalue weighted by molar-refractivity contribution is 5.68. The number of aliphatic hydroxyl groups is 2. The highest BCUT2D eigenvalue weighted by atomic mass is 16.5. The maximum atomic E-state index is 10.9. The lowest BCUT2D eigenvalue weighted by Crippen LogP contribution is -2.28. The Kier molecular flexibility index (Phi) is 4.24. The van der Waals surface area contributed by atoms with Crippen molar-refractivity contribution in [3.05, 3.63) is 29.3 Å². The van der Waals surface area contributed by atoms with E-state index in [0.717, 1.165) is 0 Å². The fraction of sp³-hybridized carbons (Fsp3) is 0.696. The first kappa shape index (κ1) is 12.2. The summed E-state index contributed by atoms with van der Waals surface area (Å²) < 4.78 is 76.3. The van der Waals surface area contributed by atoms with E-state index in [1.165, 1.54) is 0 Å². The van der Waals surface area contributed by atoms with Gasteiger partial charge in [0, 0.05) is 12.3 Å². The van der Waals surface area contributed by atoms with Gasteiger partial charge in [0.05, 0.1) is 12.2 Å². The Hall–Kier alpha value is -1.59. The third-order valence-corrected chi connectivity index (χ3v) is 5.80. The van der Waals surface area contributed by atoms with Crippen molar-refractivity contribution in [1.82, 2.24) is 0 Å². The summed E-state index contributed by atoms with van der Waals surface area (Å²) in [5.74, 6) is -2.12. The van der Waals surface area contributed by atoms with Gasteiger partial charge in [0.1, 0.15) is 5.75 Å². The molecule has 0 radical (unpaired) electrons. The second-order valence-corrected chi connectivity index (χ2v) is 7.64. The maximum absolute atomic E-state index is 10.9. The topological polar surface area (TPSA) is 87.0 Å². The zero-order valence-corrected chi connectivity index (χ0v) is 15.7. The van der Waals surface area contributed by atoms with E-state index in [1.54, 1.807) is 18.2 Å². The van der Waals surface area contributed by atoms with Crippen LogP contribution in [0.1, 0.15) is 75.2 Å².